The van der Waals surface area contributed by atoms with Crippen molar-refractivity contribution in [3.05, 3.63) is 64.2 Å². The van der Waals surface area contributed by atoms with Crippen molar-refractivity contribution in [3.8, 4) is 0 Å². The fraction of sp³-hybridized carbons (Fsp3) is 0.381. The first-order valence-electron chi connectivity index (χ1n) is 9.87. The number of carbonyl (C=O) groups excluding carboxylic acids is 1. The number of hydrogen-bond acceptors (Lipinski definition) is 5. The van der Waals surface area contributed by atoms with E-state index in [4.69, 9.17) is 0 Å². The van der Waals surface area contributed by atoms with Gasteiger partial charge in [-0.1, -0.05) is 50.5 Å². The van der Waals surface area contributed by atoms with Gasteiger partial charge in [-0.05, 0) is 37.1 Å². The standard InChI is InChI=1S/C21H27N3O5S/c1-3-4-5-8-16(2)22-21(25)15-17-11-13-18(14-12-17)23-30(28,29)20-10-7-6-9-19(20)24(26)27/h6-7,9-14,16,23H,3-5,8,15H2,1-2H3,(H,22,25). The van der Waals surface area contributed by atoms with Crippen molar-refractivity contribution in [2.75, 3.05) is 4.72 Å². The summed E-state index contributed by atoms with van der Waals surface area (Å²) in [5.74, 6) is -0.0905. The van der Waals surface area contributed by atoms with Crippen molar-refractivity contribution in [1.29, 1.82) is 0 Å². The van der Waals surface area contributed by atoms with Crippen molar-refractivity contribution in [2.24, 2.45) is 0 Å². The first-order chi connectivity index (χ1) is 14.2. The summed E-state index contributed by atoms with van der Waals surface area (Å²) in [5.41, 5.74) is 0.499. The van der Waals surface area contributed by atoms with Gasteiger partial charge in [0.15, 0.2) is 4.90 Å². The number of nitrogens with one attached hydrogen (secondary N) is 2. The number of nitrogens with zero attached hydrogens (tertiary/aromatic N) is 1. The number of anilines is 1. The Kier molecular flexibility index (Phi) is 8.35. The zero-order valence-electron chi connectivity index (χ0n) is 17.1. The van der Waals surface area contributed by atoms with E-state index in [1.54, 1.807) is 12.1 Å². The van der Waals surface area contributed by atoms with Crippen molar-refractivity contribution < 1.29 is 18.1 Å². The summed E-state index contributed by atoms with van der Waals surface area (Å²) in [4.78, 5) is 22.1. The molecule has 1 unspecified atom stereocenters. The summed E-state index contributed by atoms with van der Waals surface area (Å²) in [5, 5.41) is 14.1. The van der Waals surface area contributed by atoms with Gasteiger partial charge in [-0.3, -0.25) is 19.6 Å². The van der Waals surface area contributed by atoms with E-state index in [9.17, 15) is 23.3 Å². The highest BCUT2D eigenvalue weighted by Gasteiger charge is 2.25. The molecular formula is C21H27N3O5S. The number of nitro groups is 1. The minimum absolute atomic E-state index is 0.0905. The molecule has 9 heteroatoms. The summed E-state index contributed by atoms with van der Waals surface area (Å²) in [6.07, 6.45) is 4.48. The lowest BCUT2D eigenvalue weighted by atomic mass is 10.1. The van der Waals surface area contributed by atoms with Crippen LogP contribution in [0.1, 0.15) is 45.1 Å². The topological polar surface area (TPSA) is 118 Å². The SMILES string of the molecule is CCCCCC(C)NC(=O)Cc1ccc(NS(=O)(=O)c2ccccc2[N+](=O)[O-])cc1. The average molecular weight is 434 g/mol. The highest BCUT2D eigenvalue weighted by molar-refractivity contribution is 7.92. The molecule has 162 valence electrons. The molecular weight excluding hydrogens is 406 g/mol. The lowest BCUT2D eigenvalue weighted by Gasteiger charge is -2.14. The minimum Gasteiger partial charge on any atom is -0.353 e. The maximum atomic E-state index is 12.5. The van der Waals surface area contributed by atoms with Crippen LogP contribution in [-0.2, 0) is 21.2 Å². The number of amides is 1. The van der Waals surface area contributed by atoms with E-state index in [1.807, 2.05) is 6.92 Å². The van der Waals surface area contributed by atoms with Crippen LogP contribution in [0.3, 0.4) is 0 Å². The van der Waals surface area contributed by atoms with Gasteiger partial charge in [0.2, 0.25) is 5.91 Å². The van der Waals surface area contributed by atoms with Crippen LogP contribution in [0.25, 0.3) is 0 Å². The predicted molar refractivity (Wildman–Crippen MR) is 116 cm³/mol. The molecule has 0 aliphatic heterocycles. The zero-order chi connectivity index (χ0) is 22.1. The van der Waals surface area contributed by atoms with Gasteiger partial charge in [-0.2, -0.15) is 0 Å². The van der Waals surface area contributed by atoms with E-state index < -0.39 is 25.5 Å². The highest BCUT2D eigenvalue weighted by atomic mass is 32.2. The first-order valence-corrected chi connectivity index (χ1v) is 11.4. The van der Waals surface area contributed by atoms with Gasteiger partial charge in [0.25, 0.3) is 15.7 Å². The molecule has 0 aromatic heterocycles. The Balaban J connectivity index is 1.99. The number of para-hydroxylation sites is 1. The molecule has 0 radical (unpaired) electrons. The summed E-state index contributed by atoms with van der Waals surface area (Å²) in [7, 11) is -4.12. The van der Waals surface area contributed by atoms with E-state index >= 15 is 0 Å². The average Bonchev–Trinajstić information content (AvgIpc) is 2.69. The van der Waals surface area contributed by atoms with Crippen LogP contribution >= 0.6 is 0 Å². The Bertz CT molecular complexity index is 974. The van der Waals surface area contributed by atoms with Crippen LogP contribution in [0.2, 0.25) is 0 Å². The Hall–Kier alpha value is -2.94. The van der Waals surface area contributed by atoms with Crippen molar-refractivity contribution in [2.45, 2.75) is 56.9 Å². The van der Waals surface area contributed by atoms with Crippen molar-refractivity contribution in [3.63, 3.8) is 0 Å². The van der Waals surface area contributed by atoms with E-state index in [0.29, 0.717) is 0 Å². The molecule has 0 saturated carbocycles. The molecule has 0 aliphatic carbocycles. The Morgan fingerprint density at radius 3 is 2.40 bits per heavy atom. The van der Waals surface area contributed by atoms with Crippen LogP contribution in [0, 0.1) is 10.1 Å². The summed E-state index contributed by atoms with van der Waals surface area (Å²) >= 11 is 0. The smallest absolute Gasteiger partial charge is 0.289 e. The fourth-order valence-corrected chi connectivity index (χ4v) is 4.25. The van der Waals surface area contributed by atoms with Crippen LogP contribution in [0.4, 0.5) is 11.4 Å². The van der Waals surface area contributed by atoms with Crippen molar-refractivity contribution in [1.82, 2.24) is 5.32 Å². The Morgan fingerprint density at radius 2 is 1.77 bits per heavy atom. The molecule has 2 aromatic rings. The third-order valence-electron chi connectivity index (χ3n) is 4.57. The second-order valence-corrected chi connectivity index (χ2v) is 8.82. The molecule has 0 spiro atoms. The lowest BCUT2D eigenvalue weighted by Crippen LogP contribution is -2.33. The van der Waals surface area contributed by atoms with Gasteiger partial charge < -0.3 is 5.32 Å². The van der Waals surface area contributed by atoms with E-state index in [1.165, 1.54) is 30.3 Å². The van der Waals surface area contributed by atoms with Gasteiger partial charge in [0, 0.05) is 17.8 Å². The van der Waals surface area contributed by atoms with Crippen LogP contribution in [-0.4, -0.2) is 25.3 Å². The fourth-order valence-electron chi connectivity index (χ4n) is 3.02. The third kappa shape index (κ3) is 6.84. The summed E-state index contributed by atoms with van der Waals surface area (Å²) in [6, 6.07) is 11.6. The molecule has 2 N–H and O–H groups in total. The molecule has 2 rings (SSSR count). The maximum Gasteiger partial charge on any atom is 0.289 e. The Labute approximate surface area is 176 Å². The number of rotatable bonds is 11. The molecule has 30 heavy (non-hydrogen) atoms. The number of hydrogen-bond donors (Lipinski definition) is 2. The number of carbonyl (C=O) groups is 1. The van der Waals surface area contributed by atoms with Gasteiger partial charge >= 0.3 is 0 Å². The zero-order valence-corrected chi connectivity index (χ0v) is 17.9. The monoisotopic (exact) mass is 433 g/mol. The van der Waals surface area contributed by atoms with Crippen LogP contribution in [0.5, 0.6) is 0 Å². The van der Waals surface area contributed by atoms with Crippen LogP contribution in [0.15, 0.2) is 53.4 Å². The summed E-state index contributed by atoms with van der Waals surface area (Å²) < 4.78 is 27.4. The highest BCUT2D eigenvalue weighted by Crippen LogP contribution is 2.25. The summed E-state index contributed by atoms with van der Waals surface area (Å²) in [6.45, 7) is 4.11. The molecule has 0 saturated heterocycles. The van der Waals surface area contributed by atoms with Crippen LogP contribution < -0.4 is 10.0 Å². The molecule has 1 atom stereocenters. The second-order valence-electron chi connectivity index (χ2n) is 7.17. The van der Waals surface area contributed by atoms with E-state index in [2.05, 4.69) is 17.0 Å². The molecule has 8 nitrogen and oxygen atoms in total. The largest absolute Gasteiger partial charge is 0.353 e. The van der Waals surface area contributed by atoms with E-state index in [0.717, 1.165) is 37.3 Å². The van der Waals surface area contributed by atoms with Gasteiger partial charge in [-0.25, -0.2) is 8.42 Å². The quantitative estimate of drug-likeness (QED) is 0.315. The maximum absolute atomic E-state index is 12.5. The number of unbranched alkanes of at least 4 members (excludes halogenated alkanes) is 2. The Morgan fingerprint density at radius 1 is 1.10 bits per heavy atom. The number of sulfonamides is 1. The number of nitro benzene ring substituents is 1. The molecule has 0 heterocycles. The van der Waals surface area contributed by atoms with Crippen molar-refractivity contribution >= 4 is 27.3 Å². The van der Waals surface area contributed by atoms with Gasteiger partial charge in [-0.15, -0.1) is 0 Å². The normalized spacial score (nSPS) is 12.2. The molecule has 0 fully saturated rings. The molecule has 0 aliphatic rings. The van der Waals surface area contributed by atoms with E-state index in [-0.39, 0.29) is 24.1 Å². The minimum atomic E-state index is -4.12. The van der Waals surface area contributed by atoms with Gasteiger partial charge in [0.1, 0.15) is 0 Å². The molecule has 2 aromatic carbocycles. The third-order valence-corrected chi connectivity index (χ3v) is 6.00. The second kappa shape index (κ2) is 10.7. The molecule has 1 amide bonds. The predicted octanol–water partition coefficient (Wildman–Crippen LogP) is 4.02. The first kappa shape index (κ1) is 23.3. The number of benzene rings is 2. The molecule has 0 bridgehead atoms. The lowest BCUT2D eigenvalue weighted by molar-refractivity contribution is -0.387. The van der Waals surface area contributed by atoms with Gasteiger partial charge in [0.05, 0.1) is 11.3 Å².